The molecular formula is C14H15N3O3S. The van der Waals surface area contributed by atoms with Crippen molar-refractivity contribution >= 4 is 28.2 Å². The van der Waals surface area contributed by atoms with Crippen LogP contribution in [0, 0.1) is 13.8 Å². The first kappa shape index (κ1) is 15.1. The summed E-state index contributed by atoms with van der Waals surface area (Å²) in [5.74, 6) is -0.765. The summed E-state index contributed by atoms with van der Waals surface area (Å²) in [6.45, 7) is 5.76. The highest BCUT2D eigenvalue weighted by molar-refractivity contribution is 7.16. The number of ether oxygens (including phenoxy) is 1. The Morgan fingerprint density at radius 3 is 2.71 bits per heavy atom. The number of rotatable bonds is 4. The first-order valence-corrected chi connectivity index (χ1v) is 7.21. The molecule has 2 aromatic heterocycles. The molecule has 2 aromatic rings. The number of nitrogens with one attached hydrogen (secondary N) is 1. The quantitative estimate of drug-likeness (QED) is 0.878. The summed E-state index contributed by atoms with van der Waals surface area (Å²) < 4.78 is 5.04. The van der Waals surface area contributed by atoms with E-state index in [0.29, 0.717) is 16.1 Å². The summed E-state index contributed by atoms with van der Waals surface area (Å²) in [5, 5.41) is 10.5. The van der Waals surface area contributed by atoms with Crippen molar-refractivity contribution in [2.75, 3.05) is 11.9 Å². The van der Waals surface area contributed by atoms with E-state index in [9.17, 15) is 9.59 Å². The first-order chi connectivity index (χ1) is 10.0. The Morgan fingerprint density at radius 2 is 2.10 bits per heavy atom. The molecule has 0 aliphatic heterocycles. The molecule has 0 spiro atoms. The van der Waals surface area contributed by atoms with Crippen LogP contribution in [-0.2, 0) is 4.74 Å². The average molecular weight is 305 g/mol. The number of carbonyl (C=O) groups excluding carboxylic acids is 2. The summed E-state index contributed by atoms with van der Waals surface area (Å²) in [5.41, 5.74) is 1.61. The molecule has 21 heavy (non-hydrogen) atoms. The van der Waals surface area contributed by atoms with Gasteiger partial charge in [-0.2, -0.15) is 10.2 Å². The molecule has 0 saturated carbocycles. The highest BCUT2D eigenvalue weighted by Crippen LogP contribution is 2.33. The maximum Gasteiger partial charge on any atom is 0.341 e. The van der Waals surface area contributed by atoms with Gasteiger partial charge in [-0.1, -0.05) is 0 Å². The van der Waals surface area contributed by atoms with Crippen LogP contribution in [0.5, 0.6) is 0 Å². The Bertz CT molecular complexity index is 668. The lowest BCUT2D eigenvalue weighted by Gasteiger charge is -2.06. The molecule has 7 heteroatoms. The van der Waals surface area contributed by atoms with E-state index in [1.807, 2.05) is 13.8 Å². The fraction of sp³-hybridized carbons (Fsp3) is 0.286. The van der Waals surface area contributed by atoms with Crippen molar-refractivity contribution in [1.82, 2.24) is 10.2 Å². The van der Waals surface area contributed by atoms with Gasteiger partial charge in [-0.15, -0.1) is 11.3 Å². The van der Waals surface area contributed by atoms with Crippen LogP contribution in [0.2, 0.25) is 0 Å². The number of aryl methyl sites for hydroxylation is 1. The third-order valence-electron chi connectivity index (χ3n) is 2.94. The standard InChI is InChI=1S/C14H15N3O3S/c1-4-20-14(19)11-8(2)9(3)21-13(11)17-12(18)10-5-6-15-16-7-10/h5-7H,4H2,1-3H3,(H,17,18). The van der Waals surface area contributed by atoms with E-state index in [0.717, 1.165) is 10.4 Å². The van der Waals surface area contributed by atoms with Crippen LogP contribution in [0.4, 0.5) is 5.00 Å². The zero-order valence-electron chi connectivity index (χ0n) is 12.0. The van der Waals surface area contributed by atoms with Crippen molar-refractivity contribution in [3.05, 3.63) is 40.0 Å². The van der Waals surface area contributed by atoms with Gasteiger partial charge in [0.05, 0.1) is 30.1 Å². The van der Waals surface area contributed by atoms with Crippen LogP contribution < -0.4 is 5.32 Å². The highest BCUT2D eigenvalue weighted by atomic mass is 32.1. The molecule has 0 radical (unpaired) electrons. The minimum atomic E-state index is -0.428. The summed E-state index contributed by atoms with van der Waals surface area (Å²) >= 11 is 1.35. The van der Waals surface area contributed by atoms with Crippen molar-refractivity contribution in [3.8, 4) is 0 Å². The Labute approximate surface area is 126 Å². The van der Waals surface area contributed by atoms with E-state index in [4.69, 9.17) is 4.74 Å². The maximum atomic E-state index is 12.1. The van der Waals surface area contributed by atoms with E-state index in [1.54, 1.807) is 13.0 Å². The lowest BCUT2D eigenvalue weighted by molar-refractivity contribution is 0.0527. The second-order valence-electron chi connectivity index (χ2n) is 4.29. The minimum absolute atomic E-state index is 0.287. The third kappa shape index (κ3) is 3.25. The van der Waals surface area contributed by atoms with E-state index in [-0.39, 0.29) is 12.5 Å². The Hall–Kier alpha value is -2.28. The first-order valence-electron chi connectivity index (χ1n) is 6.39. The molecule has 0 saturated heterocycles. The second kappa shape index (κ2) is 6.45. The predicted octanol–water partition coefficient (Wildman–Crippen LogP) is 2.58. The number of amides is 1. The number of anilines is 1. The van der Waals surface area contributed by atoms with Gasteiger partial charge in [-0.3, -0.25) is 4.79 Å². The monoisotopic (exact) mass is 305 g/mol. The van der Waals surface area contributed by atoms with Crippen molar-refractivity contribution in [2.24, 2.45) is 0 Å². The van der Waals surface area contributed by atoms with Crippen molar-refractivity contribution < 1.29 is 14.3 Å². The van der Waals surface area contributed by atoms with Gasteiger partial charge in [0.15, 0.2) is 0 Å². The molecule has 0 aliphatic rings. The van der Waals surface area contributed by atoms with Crippen LogP contribution in [-0.4, -0.2) is 28.7 Å². The number of hydrogen-bond donors (Lipinski definition) is 1. The second-order valence-corrected chi connectivity index (χ2v) is 5.52. The van der Waals surface area contributed by atoms with Crippen LogP contribution in [0.15, 0.2) is 18.5 Å². The molecule has 0 aromatic carbocycles. The van der Waals surface area contributed by atoms with Gasteiger partial charge in [-0.05, 0) is 32.4 Å². The molecule has 110 valence electrons. The van der Waals surface area contributed by atoms with Gasteiger partial charge >= 0.3 is 5.97 Å². The molecular weight excluding hydrogens is 290 g/mol. The molecule has 0 atom stereocenters. The van der Waals surface area contributed by atoms with E-state index in [2.05, 4.69) is 15.5 Å². The van der Waals surface area contributed by atoms with Gasteiger partial charge in [0.25, 0.3) is 5.91 Å². The van der Waals surface area contributed by atoms with Crippen molar-refractivity contribution in [2.45, 2.75) is 20.8 Å². The summed E-state index contributed by atoms with van der Waals surface area (Å²) in [4.78, 5) is 25.1. The largest absolute Gasteiger partial charge is 0.462 e. The minimum Gasteiger partial charge on any atom is -0.462 e. The number of hydrogen-bond acceptors (Lipinski definition) is 6. The fourth-order valence-electron chi connectivity index (χ4n) is 1.76. The molecule has 6 nitrogen and oxygen atoms in total. The lowest BCUT2D eigenvalue weighted by Crippen LogP contribution is -2.15. The average Bonchev–Trinajstić information content (AvgIpc) is 2.75. The number of esters is 1. The van der Waals surface area contributed by atoms with Crippen LogP contribution >= 0.6 is 11.3 Å². The van der Waals surface area contributed by atoms with Crippen LogP contribution in [0.1, 0.15) is 38.1 Å². The SMILES string of the molecule is CCOC(=O)c1c(NC(=O)c2ccnnc2)sc(C)c1C. The zero-order chi connectivity index (χ0) is 15.4. The third-order valence-corrected chi connectivity index (χ3v) is 4.06. The Balaban J connectivity index is 2.30. The molecule has 2 heterocycles. The van der Waals surface area contributed by atoms with Crippen LogP contribution in [0.25, 0.3) is 0 Å². The number of nitrogens with zero attached hydrogens (tertiary/aromatic N) is 2. The predicted molar refractivity (Wildman–Crippen MR) is 79.7 cm³/mol. The van der Waals surface area contributed by atoms with E-state index < -0.39 is 5.97 Å². The van der Waals surface area contributed by atoms with Crippen molar-refractivity contribution in [1.29, 1.82) is 0 Å². The summed E-state index contributed by atoms with van der Waals surface area (Å²) in [6.07, 6.45) is 2.80. The smallest absolute Gasteiger partial charge is 0.341 e. The molecule has 1 N–H and O–H groups in total. The zero-order valence-corrected chi connectivity index (χ0v) is 12.8. The van der Waals surface area contributed by atoms with E-state index >= 15 is 0 Å². The molecule has 0 aliphatic carbocycles. The van der Waals surface area contributed by atoms with Gasteiger partial charge in [0.2, 0.25) is 0 Å². The number of thiophene rings is 1. The van der Waals surface area contributed by atoms with Gasteiger partial charge in [0.1, 0.15) is 5.00 Å². The maximum absolute atomic E-state index is 12.1. The number of aromatic nitrogens is 2. The molecule has 2 rings (SSSR count). The lowest BCUT2D eigenvalue weighted by atomic mass is 10.1. The topological polar surface area (TPSA) is 81.2 Å². The normalized spacial score (nSPS) is 10.2. The molecule has 1 amide bonds. The van der Waals surface area contributed by atoms with Gasteiger partial charge in [-0.25, -0.2) is 4.79 Å². The fourth-order valence-corrected chi connectivity index (χ4v) is 2.81. The molecule has 0 bridgehead atoms. The van der Waals surface area contributed by atoms with Gasteiger partial charge < -0.3 is 10.1 Å². The highest BCUT2D eigenvalue weighted by Gasteiger charge is 2.22. The Morgan fingerprint density at radius 1 is 1.33 bits per heavy atom. The van der Waals surface area contributed by atoms with Gasteiger partial charge in [0, 0.05) is 4.88 Å². The van der Waals surface area contributed by atoms with E-state index in [1.165, 1.54) is 23.7 Å². The summed E-state index contributed by atoms with van der Waals surface area (Å²) in [7, 11) is 0. The Kier molecular flexibility index (Phi) is 4.64. The number of carbonyl (C=O) groups is 2. The van der Waals surface area contributed by atoms with Crippen LogP contribution in [0.3, 0.4) is 0 Å². The summed E-state index contributed by atoms with van der Waals surface area (Å²) in [6, 6.07) is 1.56. The molecule has 0 unspecified atom stereocenters. The molecule has 0 fully saturated rings. The van der Waals surface area contributed by atoms with Crippen molar-refractivity contribution in [3.63, 3.8) is 0 Å².